The predicted octanol–water partition coefficient (Wildman–Crippen LogP) is 6.92. The summed E-state index contributed by atoms with van der Waals surface area (Å²) in [6.45, 7) is 5.37. The van der Waals surface area contributed by atoms with Gasteiger partial charge in [-0.2, -0.15) is 0 Å². The summed E-state index contributed by atoms with van der Waals surface area (Å²) in [7, 11) is 1.45. The number of rotatable bonds is 24. The zero-order valence-corrected chi connectivity index (χ0v) is 26.5. The first-order valence-corrected chi connectivity index (χ1v) is 16.0. The summed E-state index contributed by atoms with van der Waals surface area (Å²) < 4.78 is 14.7. The van der Waals surface area contributed by atoms with Crippen LogP contribution >= 0.6 is 0 Å². The van der Waals surface area contributed by atoms with E-state index < -0.39 is 18.3 Å². The third kappa shape index (κ3) is 26.0. The Labute approximate surface area is 254 Å². The lowest BCUT2D eigenvalue weighted by atomic mass is 10.0. The van der Waals surface area contributed by atoms with Crippen LogP contribution in [-0.4, -0.2) is 62.6 Å². The molecule has 42 heavy (non-hydrogen) atoms. The van der Waals surface area contributed by atoms with Crippen LogP contribution in [0, 0.1) is 0 Å². The van der Waals surface area contributed by atoms with E-state index in [4.69, 9.17) is 15.2 Å². The van der Waals surface area contributed by atoms with Crippen LogP contribution in [0.5, 0.6) is 0 Å². The number of nitrogens with two attached hydrogens (primary N) is 1. The molecule has 4 N–H and O–H groups in total. The topological polar surface area (TPSA) is 142 Å². The molecule has 1 unspecified atom stereocenters. The van der Waals surface area contributed by atoms with E-state index >= 15 is 0 Å². The molecule has 0 radical (unpaired) electrons. The molecular weight excluding hydrogens is 536 g/mol. The van der Waals surface area contributed by atoms with E-state index in [-0.39, 0.29) is 19.1 Å². The van der Waals surface area contributed by atoms with E-state index in [0.717, 1.165) is 12.8 Å². The Balaban J connectivity index is 0.00000126. The fourth-order valence-corrected chi connectivity index (χ4v) is 4.20. The van der Waals surface area contributed by atoms with Crippen LogP contribution in [0.2, 0.25) is 0 Å². The van der Waals surface area contributed by atoms with Crippen molar-refractivity contribution in [1.82, 2.24) is 15.6 Å². The molecule has 0 saturated carbocycles. The van der Waals surface area contributed by atoms with Crippen molar-refractivity contribution in [3.63, 3.8) is 0 Å². The molecule has 0 spiro atoms. The summed E-state index contributed by atoms with van der Waals surface area (Å²) in [5.74, 6) is -0.0689. The third-order valence-electron chi connectivity index (χ3n) is 6.71. The molecule has 242 valence electrons. The van der Waals surface area contributed by atoms with Crippen molar-refractivity contribution in [2.24, 2.45) is 5.73 Å². The standard InChI is InChI=1S/C24H48N2O5.C8H10N2O/c1-3-4-5-6-7-8-9-10-11-12-13-14-15-16-17-18-19-26-24(28)31-21-22(29-2)20-30-23(25)27;1-2-10-8(11)7-4-3-5-9-6-7/h22H,3-21H2,1-2H3,(H2,25,27)(H,26,28);3-6H,2H2,1H3,(H,10,11). The van der Waals surface area contributed by atoms with Crippen LogP contribution in [0.4, 0.5) is 9.59 Å². The Kier molecular flexibility index (Phi) is 27.6. The Morgan fingerprint density at radius 3 is 1.76 bits per heavy atom. The van der Waals surface area contributed by atoms with Gasteiger partial charge in [-0.05, 0) is 25.5 Å². The summed E-state index contributed by atoms with van der Waals surface area (Å²) in [4.78, 5) is 37.1. The van der Waals surface area contributed by atoms with Crippen molar-refractivity contribution in [3.8, 4) is 0 Å². The number of ether oxygens (including phenoxy) is 3. The second-order valence-corrected chi connectivity index (χ2v) is 10.4. The lowest BCUT2D eigenvalue weighted by Gasteiger charge is -2.15. The number of primary amides is 1. The number of methoxy groups -OCH3 is 1. The van der Waals surface area contributed by atoms with E-state index in [2.05, 4.69) is 27.3 Å². The number of carbonyl (C=O) groups excluding carboxylic acids is 3. The summed E-state index contributed by atoms with van der Waals surface area (Å²) in [5, 5.41) is 5.41. The van der Waals surface area contributed by atoms with Crippen LogP contribution in [0.3, 0.4) is 0 Å². The lowest BCUT2D eigenvalue weighted by molar-refractivity contribution is -0.00291. The van der Waals surface area contributed by atoms with Gasteiger partial charge >= 0.3 is 12.2 Å². The highest BCUT2D eigenvalue weighted by atomic mass is 16.6. The number of nitrogens with zero attached hydrogens (tertiary/aromatic N) is 1. The monoisotopic (exact) mass is 594 g/mol. The zero-order valence-electron chi connectivity index (χ0n) is 26.5. The molecule has 10 heteroatoms. The minimum atomic E-state index is -0.880. The molecule has 1 atom stereocenters. The van der Waals surface area contributed by atoms with Crippen molar-refractivity contribution in [2.75, 3.05) is 33.4 Å². The number of hydrogen-bond donors (Lipinski definition) is 3. The Morgan fingerprint density at radius 1 is 0.786 bits per heavy atom. The van der Waals surface area contributed by atoms with Gasteiger partial charge in [0, 0.05) is 32.6 Å². The van der Waals surface area contributed by atoms with Crippen LogP contribution < -0.4 is 16.4 Å². The highest BCUT2D eigenvalue weighted by Gasteiger charge is 2.12. The summed E-state index contributed by atoms with van der Waals surface area (Å²) in [6, 6.07) is 3.47. The molecule has 1 aromatic rings. The van der Waals surface area contributed by atoms with Gasteiger partial charge in [-0.1, -0.05) is 103 Å². The number of nitrogens with one attached hydrogen (secondary N) is 2. The molecule has 1 heterocycles. The van der Waals surface area contributed by atoms with Crippen LogP contribution in [-0.2, 0) is 14.2 Å². The Morgan fingerprint density at radius 2 is 1.31 bits per heavy atom. The van der Waals surface area contributed by atoms with Crippen molar-refractivity contribution < 1.29 is 28.6 Å². The maximum Gasteiger partial charge on any atom is 0.407 e. The average molecular weight is 595 g/mol. The van der Waals surface area contributed by atoms with Crippen LogP contribution in [0.25, 0.3) is 0 Å². The molecule has 3 amide bonds. The lowest BCUT2D eigenvalue weighted by Crippen LogP contribution is -2.32. The minimum Gasteiger partial charge on any atom is -0.447 e. The largest absolute Gasteiger partial charge is 0.447 e. The number of hydrogen-bond acceptors (Lipinski definition) is 7. The van der Waals surface area contributed by atoms with Gasteiger partial charge in [0.1, 0.15) is 19.3 Å². The summed E-state index contributed by atoms with van der Waals surface area (Å²) in [6.07, 6.45) is 22.5. The zero-order chi connectivity index (χ0) is 31.1. The van der Waals surface area contributed by atoms with Gasteiger partial charge in [0.2, 0.25) is 0 Å². The number of carbonyl (C=O) groups is 3. The highest BCUT2D eigenvalue weighted by Crippen LogP contribution is 2.13. The summed E-state index contributed by atoms with van der Waals surface area (Å²) in [5.41, 5.74) is 5.50. The first-order chi connectivity index (χ1) is 20.4. The molecule has 0 aromatic carbocycles. The molecule has 1 aromatic heterocycles. The number of amides is 3. The van der Waals surface area contributed by atoms with E-state index in [9.17, 15) is 14.4 Å². The maximum absolute atomic E-state index is 11.6. The Bertz CT molecular complexity index is 782. The minimum absolute atomic E-state index is 0.00850. The summed E-state index contributed by atoms with van der Waals surface area (Å²) >= 11 is 0. The van der Waals surface area contributed by atoms with Gasteiger partial charge in [-0.25, -0.2) is 9.59 Å². The first-order valence-electron chi connectivity index (χ1n) is 16.0. The highest BCUT2D eigenvalue weighted by molar-refractivity contribution is 5.93. The van der Waals surface area contributed by atoms with Crippen LogP contribution in [0.15, 0.2) is 24.5 Å². The fourth-order valence-electron chi connectivity index (χ4n) is 4.20. The SMILES string of the molecule is CCCCCCCCCCCCCCCCCCNC(=O)OCC(COC(N)=O)OC.CCNC(=O)c1cccnc1. The predicted molar refractivity (Wildman–Crippen MR) is 167 cm³/mol. The molecule has 0 saturated heterocycles. The molecule has 0 fully saturated rings. The third-order valence-corrected chi connectivity index (χ3v) is 6.71. The fraction of sp³-hybridized carbons (Fsp3) is 0.750. The average Bonchev–Trinajstić information content (AvgIpc) is 2.99. The normalized spacial score (nSPS) is 11.1. The number of aromatic nitrogens is 1. The molecule has 0 aliphatic heterocycles. The molecular formula is C32H58N4O6. The molecule has 0 bridgehead atoms. The molecule has 0 aliphatic carbocycles. The van der Waals surface area contributed by atoms with Crippen molar-refractivity contribution in [3.05, 3.63) is 30.1 Å². The van der Waals surface area contributed by atoms with Gasteiger partial charge in [0.15, 0.2) is 0 Å². The molecule has 0 aliphatic rings. The molecule has 10 nitrogen and oxygen atoms in total. The van der Waals surface area contributed by atoms with Crippen molar-refractivity contribution in [1.29, 1.82) is 0 Å². The first kappa shape index (κ1) is 39.1. The van der Waals surface area contributed by atoms with Gasteiger partial charge in [-0.15, -0.1) is 0 Å². The maximum atomic E-state index is 11.6. The number of pyridine rings is 1. The van der Waals surface area contributed by atoms with E-state index in [1.165, 1.54) is 97.0 Å². The van der Waals surface area contributed by atoms with Gasteiger partial charge < -0.3 is 30.6 Å². The second-order valence-electron chi connectivity index (χ2n) is 10.4. The van der Waals surface area contributed by atoms with E-state index in [0.29, 0.717) is 18.7 Å². The molecule has 1 rings (SSSR count). The smallest absolute Gasteiger partial charge is 0.407 e. The van der Waals surface area contributed by atoms with E-state index in [1.807, 2.05) is 6.92 Å². The van der Waals surface area contributed by atoms with Crippen LogP contribution in [0.1, 0.15) is 127 Å². The van der Waals surface area contributed by atoms with Gasteiger partial charge in [0.05, 0.1) is 5.56 Å². The van der Waals surface area contributed by atoms with Crippen molar-refractivity contribution in [2.45, 2.75) is 123 Å². The Hall–Kier alpha value is -2.88. The number of alkyl carbamates (subject to hydrolysis) is 1. The van der Waals surface area contributed by atoms with Gasteiger partial charge in [-0.3, -0.25) is 9.78 Å². The quantitative estimate of drug-likeness (QED) is 0.110. The van der Waals surface area contributed by atoms with Crippen molar-refractivity contribution >= 4 is 18.1 Å². The second kappa shape index (κ2) is 29.6. The van der Waals surface area contributed by atoms with Gasteiger partial charge in [0.25, 0.3) is 5.91 Å². The van der Waals surface area contributed by atoms with E-state index in [1.54, 1.807) is 24.5 Å². The number of unbranched alkanes of at least 4 members (excludes halogenated alkanes) is 15.